The third-order valence-corrected chi connectivity index (χ3v) is 2.36. The first-order valence-electron chi connectivity index (χ1n) is 4.96. The lowest BCUT2D eigenvalue weighted by Crippen LogP contribution is -2.24. The van der Waals surface area contributed by atoms with Crippen molar-refractivity contribution in [2.45, 2.75) is 6.10 Å². The number of likely N-dealkylation sites (N-methyl/N-ethyl adjacent to an activating group) is 1. The molecule has 80 valence electrons. The molecule has 1 atom stereocenters. The second kappa shape index (κ2) is 4.21. The summed E-state index contributed by atoms with van der Waals surface area (Å²) in [5.41, 5.74) is 1.04. The maximum Gasteiger partial charge on any atom is 0.410 e. The van der Waals surface area contributed by atoms with Crippen LogP contribution in [-0.2, 0) is 4.74 Å². The second-order valence-electron chi connectivity index (χ2n) is 3.63. The van der Waals surface area contributed by atoms with Gasteiger partial charge in [-0.2, -0.15) is 0 Å². The molecular weight excluding hydrogens is 192 g/mol. The molecule has 1 aromatic rings. The number of amides is 1. The van der Waals surface area contributed by atoms with E-state index < -0.39 is 0 Å². The summed E-state index contributed by atoms with van der Waals surface area (Å²) >= 11 is 0. The Hall–Kier alpha value is -1.71. The molecule has 0 aromatic heterocycles. The van der Waals surface area contributed by atoms with Crippen LogP contribution in [-0.4, -0.2) is 37.2 Å². The highest BCUT2D eigenvalue weighted by molar-refractivity contribution is 5.69. The van der Waals surface area contributed by atoms with Crippen molar-refractivity contribution in [3.05, 3.63) is 30.3 Å². The van der Waals surface area contributed by atoms with Gasteiger partial charge in [-0.05, 0) is 12.1 Å². The molecule has 1 aliphatic heterocycles. The molecule has 0 bridgehead atoms. The average molecular weight is 206 g/mol. The zero-order valence-corrected chi connectivity index (χ0v) is 8.64. The van der Waals surface area contributed by atoms with Crippen molar-refractivity contribution < 1.29 is 9.53 Å². The average Bonchev–Trinajstić information content (AvgIpc) is 2.57. The summed E-state index contributed by atoms with van der Waals surface area (Å²) in [5, 5.41) is 3.22. The number of nitrogens with zero attached hydrogens (tertiary/aromatic N) is 1. The Morgan fingerprint density at radius 2 is 2.20 bits per heavy atom. The zero-order valence-electron chi connectivity index (χ0n) is 8.64. The normalized spacial score (nSPS) is 20.2. The van der Waals surface area contributed by atoms with E-state index >= 15 is 0 Å². The topological polar surface area (TPSA) is 41.6 Å². The zero-order chi connectivity index (χ0) is 10.7. The summed E-state index contributed by atoms with van der Waals surface area (Å²) in [6.07, 6.45) is -0.294. The first-order valence-corrected chi connectivity index (χ1v) is 4.96. The van der Waals surface area contributed by atoms with Crippen LogP contribution in [0.4, 0.5) is 10.5 Å². The first-order chi connectivity index (χ1) is 7.25. The molecule has 4 nitrogen and oxygen atoms in total. The van der Waals surface area contributed by atoms with Gasteiger partial charge >= 0.3 is 6.09 Å². The van der Waals surface area contributed by atoms with E-state index in [1.165, 1.54) is 0 Å². The first kappa shape index (κ1) is 9.83. The van der Waals surface area contributed by atoms with Crippen LogP contribution in [0.5, 0.6) is 0 Å². The Morgan fingerprint density at radius 3 is 2.80 bits per heavy atom. The van der Waals surface area contributed by atoms with Crippen LogP contribution >= 0.6 is 0 Å². The van der Waals surface area contributed by atoms with E-state index in [4.69, 9.17) is 4.74 Å². The molecule has 1 aromatic carbocycles. The third kappa shape index (κ3) is 2.40. The van der Waals surface area contributed by atoms with E-state index in [9.17, 15) is 4.79 Å². The van der Waals surface area contributed by atoms with E-state index in [1.54, 1.807) is 11.9 Å². The lowest BCUT2D eigenvalue weighted by molar-refractivity contribution is 0.138. The molecular formula is C11H14N2O2. The van der Waals surface area contributed by atoms with Crippen molar-refractivity contribution in [1.29, 1.82) is 0 Å². The Labute approximate surface area is 88.8 Å². The van der Waals surface area contributed by atoms with Crippen LogP contribution in [0.25, 0.3) is 0 Å². The summed E-state index contributed by atoms with van der Waals surface area (Å²) in [7, 11) is 1.74. The lowest BCUT2D eigenvalue weighted by atomic mass is 10.3. The quantitative estimate of drug-likeness (QED) is 0.815. The Morgan fingerprint density at radius 1 is 1.47 bits per heavy atom. The molecule has 1 saturated heterocycles. The molecule has 0 saturated carbocycles. The number of ether oxygens (including phenoxy) is 1. The number of para-hydroxylation sites is 1. The molecule has 0 aliphatic carbocycles. The van der Waals surface area contributed by atoms with Crippen molar-refractivity contribution in [3.8, 4) is 0 Å². The summed E-state index contributed by atoms with van der Waals surface area (Å²) < 4.78 is 5.12. The van der Waals surface area contributed by atoms with Gasteiger partial charge in [-0.3, -0.25) is 0 Å². The molecule has 1 amide bonds. The van der Waals surface area contributed by atoms with Gasteiger partial charge < -0.3 is 15.0 Å². The minimum Gasteiger partial charge on any atom is -0.442 e. The Bertz CT molecular complexity index is 340. The van der Waals surface area contributed by atoms with Crippen LogP contribution in [0.3, 0.4) is 0 Å². The molecule has 1 heterocycles. The lowest BCUT2D eigenvalue weighted by Gasteiger charge is -2.10. The van der Waals surface area contributed by atoms with E-state index in [0.29, 0.717) is 13.1 Å². The van der Waals surface area contributed by atoms with Crippen molar-refractivity contribution >= 4 is 11.8 Å². The van der Waals surface area contributed by atoms with E-state index in [0.717, 1.165) is 5.69 Å². The SMILES string of the molecule is CN1C[C@H](CNc2ccccc2)OC1=O. The molecule has 0 spiro atoms. The Kier molecular flexibility index (Phi) is 2.76. The standard InChI is InChI=1S/C11H14N2O2/c1-13-8-10(15-11(13)14)7-12-9-5-3-2-4-6-9/h2-6,10,12H,7-8H2,1H3/t10-/m0/s1. The fourth-order valence-corrected chi connectivity index (χ4v) is 1.54. The van der Waals surface area contributed by atoms with Crippen molar-refractivity contribution in [1.82, 2.24) is 4.90 Å². The van der Waals surface area contributed by atoms with Gasteiger partial charge in [0.15, 0.2) is 0 Å². The summed E-state index contributed by atoms with van der Waals surface area (Å²) in [4.78, 5) is 12.7. The molecule has 2 rings (SSSR count). The smallest absolute Gasteiger partial charge is 0.410 e. The fourth-order valence-electron chi connectivity index (χ4n) is 1.54. The van der Waals surface area contributed by atoms with Gasteiger partial charge in [0.2, 0.25) is 0 Å². The third-order valence-electron chi connectivity index (χ3n) is 2.36. The maximum atomic E-state index is 11.1. The highest BCUT2D eigenvalue weighted by atomic mass is 16.6. The van der Waals surface area contributed by atoms with Gasteiger partial charge in [0, 0.05) is 12.7 Å². The van der Waals surface area contributed by atoms with Gasteiger partial charge in [0.25, 0.3) is 0 Å². The number of hydrogen-bond acceptors (Lipinski definition) is 3. The van der Waals surface area contributed by atoms with Crippen molar-refractivity contribution in [2.75, 3.05) is 25.5 Å². The van der Waals surface area contributed by atoms with E-state index in [2.05, 4.69) is 5.32 Å². The minimum atomic E-state index is -0.241. The minimum absolute atomic E-state index is 0.0530. The number of cyclic esters (lactones) is 1. The highest BCUT2D eigenvalue weighted by Gasteiger charge is 2.27. The molecule has 1 aliphatic rings. The predicted molar refractivity (Wildman–Crippen MR) is 57.8 cm³/mol. The number of hydrogen-bond donors (Lipinski definition) is 1. The molecule has 1 N–H and O–H groups in total. The number of benzene rings is 1. The number of anilines is 1. The summed E-state index contributed by atoms with van der Waals surface area (Å²) in [5.74, 6) is 0. The van der Waals surface area contributed by atoms with E-state index in [1.807, 2.05) is 30.3 Å². The summed E-state index contributed by atoms with van der Waals surface area (Å²) in [6, 6.07) is 9.87. The molecule has 1 fully saturated rings. The van der Waals surface area contributed by atoms with Gasteiger partial charge in [-0.25, -0.2) is 4.79 Å². The van der Waals surface area contributed by atoms with Gasteiger partial charge in [0.1, 0.15) is 6.10 Å². The predicted octanol–water partition coefficient (Wildman–Crippen LogP) is 1.55. The van der Waals surface area contributed by atoms with Crippen molar-refractivity contribution in [3.63, 3.8) is 0 Å². The van der Waals surface area contributed by atoms with Gasteiger partial charge in [0.05, 0.1) is 13.1 Å². The number of nitrogens with one attached hydrogen (secondary N) is 1. The van der Waals surface area contributed by atoms with Crippen LogP contribution < -0.4 is 5.32 Å². The maximum absolute atomic E-state index is 11.1. The highest BCUT2D eigenvalue weighted by Crippen LogP contribution is 2.11. The largest absolute Gasteiger partial charge is 0.442 e. The molecule has 0 radical (unpaired) electrons. The molecule has 0 unspecified atom stereocenters. The van der Waals surface area contributed by atoms with E-state index in [-0.39, 0.29) is 12.2 Å². The molecule has 15 heavy (non-hydrogen) atoms. The summed E-state index contributed by atoms with van der Waals surface area (Å²) in [6.45, 7) is 1.30. The van der Waals surface area contributed by atoms with Gasteiger partial charge in [-0.15, -0.1) is 0 Å². The van der Waals surface area contributed by atoms with Crippen LogP contribution in [0, 0.1) is 0 Å². The van der Waals surface area contributed by atoms with Crippen LogP contribution in [0.1, 0.15) is 0 Å². The number of carbonyl (C=O) groups is 1. The number of carbonyl (C=O) groups excluding carboxylic acids is 1. The molecule has 4 heteroatoms. The monoisotopic (exact) mass is 206 g/mol. The Balaban J connectivity index is 1.82. The van der Waals surface area contributed by atoms with Crippen LogP contribution in [0.2, 0.25) is 0 Å². The van der Waals surface area contributed by atoms with Crippen LogP contribution in [0.15, 0.2) is 30.3 Å². The fraction of sp³-hybridized carbons (Fsp3) is 0.364. The van der Waals surface area contributed by atoms with Crippen molar-refractivity contribution in [2.24, 2.45) is 0 Å². The second-order valence-corrected chi connectivity index (χ2v) is 3.63. The van der Waals surface area contributed by atoms with Gasteiger partial charge in [-0.1, -0.05) is 18.2 Å². The number of rotatable bonds is 3.